The van der Waals surface area contributed by atoms with E-state index in [4.69, 9.17) is 9.72 Å². The lowest BCUT2D eigenvalue weighted by Gasteiger charge is -2.33. The van der Waals surface area contributed by atoms with Crippen LogP contribution < -0.4 is 4.74 Å². The first-order chi connectivity index (χ1) is 11.1. The van der Waals surface area contributed by atoms with Crippen LogP contribution in [0.1, 0.15) is 45.6 Å². The summed E-state index contributed by atoms with van der Waals surface area (Å²) in [6.07, 6.45) is 6.46. The summed E-state index contributed by atoms with van der Waals surface area (Å²) >= 11 is 0. The highest BCUT2D eigenvalue weighted by Crippen LogP contribution is 2.43. The Morgan fingerprint density at radius 3 is 2.78 bits per heavy atom. The lowest BCUT2D eigenvalue weighted by atomic mass is 9.91. The minimum atomic E-state index is -0.103. The molecule has 3 heteroatoms. The molecule has 0 fully saturated rings. The van der Waals surface area contributed by atoms with Crippen molar-refractivity contribution >= 4 is 21.8 Å². The third kappa shape index (κ3) is 2.30. The minimum absolute atomic E-state index is 0.103. The second kappa shape index (κ2) is 5.26. The molecule has 4 rings (SSSR count). The van der Waals surface area contributed by atoms with E-state index >= 15 is 0 Å². The van der Waals surface area contributed by atoms with Gasteiger partial charge in [-0.1, -0.05) is 37.6 Å². The second-order valence-electron chi connectivity index (χ2n) is 7.20. The van der Waals surface area contributed by atoms with Gasteiger partial charge in [-0.25, -0.2) is 4.98 Å². The highest BCUT2D eigenvalue weighted by atomic mass is 16.5. The quantitative estimate of drug-likeness (QED) is 0.673. The Morgan fingerprint density at radius 1 is 1.22 bits per heavy atom. The van der Waals surface area contributed by atoms with E-state index in [0.717, 1.165) is 30.7 Å². The summed E-state index contributed by atoms with van der Waals surface area (Å²) in [5.41, 5.74) is 3.59. The molecular formula is C20H24N2O. The lowest BCUT2D eigenvalue weighted by Crippen LogP contribution is -2.32. The SMILES string of the molecule is CCCCn1cnc2c3c(c4ccccc4c21)OC(C)(C)CC3. The third-order valence-corrected chi connectivity index (χ3v) is 4.93. The van der Waals surface area contributed by atoms with Gasteiger partial charge in [0, 0.05) is 22.9 Å². The number of aromatic nitrogens is 2. The molecule has 120 valence electrons. The molecule has 0 N–H and O–H groups in total. The molecule has 2 heterocycles. The first-order valence-electron chi connectivity index (χ1n) is 8.68. The Balaban J connectivity index is 2.04. The second-order valence-corrected chi connectivity index (χ2v) is 7.20. The molecule has 0 unspecified atom stereocenters. The van der Waals surface area contributed by atoms with Crippen LogP contribution in [-0.2, 0) is 13.0 Å². The van der Waals surface area contributed by atoms with E-state index in [2.05, 4.69) is 49.6 Å². The van der Waals surface area contributed by atoms with E-state index in [1.165, 1.54) is 34.7 Å². The van der Waals surface area contributed by atoms with Gasteiger partial charge in [0.15, 0.2) is 0 Å². The Kier molecular flexibility index (Phi) is 3.33. The molecule has 0 aliphatic carbocycles. The molecule has 0 saturated carbocycles. The molecule has 0 radical (unpaired) electrons. The Morgan fingerprint density at radius 2 is 2.00 bits per heavy atom. The molecule has 0 bridgehead atoms. The molecule has 23 heavy (non-hydrogen) atoms. The summed E-state index contributed by atoms with van der Waals surface area (Å²) in [7, 11) is 0. The van der Waals surface area contributed by atoms with Gasteiger partial charge in [-0.2, -0.15) is 0 Å². The van der Waals surface area contributed by atoms with Crippen LogP contribution in [0.25, 0.3) is 21.8 Å². The maximum absolute atomic E-state index is 6.38. The van der Waals surface area contributed by atoms with Crippen molar-refractivity contribution in [2.75, 3.05) is 0 Å². The predicted octanol–water partition coefficient (Wildman–Crippen LogP) is 5.09. The number of rotatable bonds is 3. The maximum Gasteiger partial charge on any atom is 0.133 e. The van der Waals surface area contributed by atoms with E-state index in [-0.39, 0.29) is 5.60 Å². The average molecular weight is 308 g/mol. The van der Waals surface area contributed by atoms with Crippen molar-refractivity contribution in [3.63, 3.8) is 0 Å². The zero-order chi connectivity index (χ0) is 16.0. The number of ether oxygens (including phenoxy) is 1. The molecule has 0 amide bonds. The molecule has 3 nitrogen and oxygen atoms in total. The van der Waals surface area contributed by atoms with Crippen molar-refractivity contribution < 1.29 is 4.74 Å². The zero-order valence-corrected chi connectivity index (χ0v) is 14.2. The van der Waals surface area contributed by atoms with Crippen LogP contribution in [-0.4, -0.2) is 15.2 Å². The average Bonchev–Trinajstić information content (AvgIpc) is 2.96. The highest BCUT2D eigenvalue weighted by molar-refractivity contribution is 6.09. The summed E-state index contributed by atoms with van der Waals surface area (Å²) in [6.45, 7) is 7.61. The number of unbranched alkanes of at least 4 members (excludes halogenated alkanes) is 1. The summed E-state index contributed by atoms with van der Waals surface area (Å²) in [6, 6.07) is 8.60. The third-order valence-electron chi connectivity index (χ3n) is 4.93. The molecule has 1 aromatic heterocycles. The maximum atomic E-state index is 6.38. The van der Waals surface area contributed by atoms with E-state index < -0.39 is 0 Å². The number of hydrogen-bond acceptors (Lipinski definition) is 2. The first-order valence-corrected chi connectivity index (χ1v) is 8.68. The van der Waals surface area contributed by atoms with Gasteiger partial charge in [-0.15, -0.1) is 0 Å². The fourth-order valence-corrected chi connectivity index (χ4v) is 3.64. The van der Waals surface area contributed by atoms with Crippen molar-refractivity contribution in [2.24, 2.45) is 0 Å². The predicted molar refractivity (Wildman–Crippen MR) is 95.2 cm³/mol. The van der Waals surface area contributed by atoms with E-state index in [9.17, 15) is 0 Å². The van der Waals surface area contributed by atoms with Crippen LogP contribution in [0.5, 0.6) is 5.75 Å². The lowest BCUT2D eigenvalue weighted by molar-refractivity contribution is 0.0873. The molecule has 2 aromatic carbocycles. The van der Waals surface area contributed by atoms with Gasteiger partial charge in [0.2, 0.25) is 0 Å². The largest absolute Gasteiger partial charge is 0.487 e. The van der Waals surface area contributed by atoms with Crippen LogP contribution >= 0.6 is 0 Å². The van der Waals surface area contributed by atoms with Gasteiger partial charge in [0.1, 0.15) is 11.4 Å². The van der Waals surface area contributed by atoms with Gasteiger partial charge >= 0.3 is 0 Å². The van der Waals surface area contributed by atoms with Crippen LogP contribution in [0.3, 0.4) is 0 Å². The normalized spacial score (nSPS) is 16.5. The van der Waals surface area contributed by atoms with Crippen molar-refractivity contribution in [1.82, 2.24) is 9.55 Å². The van der Waals surface area contributed by atoms with Gasteiger partial charge in [-0.3, -0.25) is 0 Å². The Bertz CT molecular complexity index is 876. The standard InChI is InChI=1S/C20H24N2O/c1-4-5-12-22-13-21-17-16-10-11-20(2,3)23-19(16)15-9-7-6-8-14(15)18(17)22/h6-9,13H,4-5,10-12H2,1-3H3. The highest BCUT2D eigenvalue weighted by Gasteiger charge is 2.30. The first kappa shape index (κ1) is 14.6. The molecule has 3 aromatic rings. The summed E-state index contributed by atoms with van der Waals surface area (Å²) in [5.74, 6) is 1.05. The topological polar surface area (TPSA) is 27.1 Å². The van der Waals surface area contributed by atoms with Crippen molar-refractivity contribution in [3.8, 4) is 5.75 Å². The van der Waals surface area contributed by atoms with Crippen LogP contribution in [0.2, 0.25) is 0 Å². The number of imidazole rings is 1. The smallest absolute Gasteiger partial charge is 0.133 e. The summed E-state index contributed by atoms with van der Waals surface area (Å²) in [5, 5.41) is 2.48. The van der Waals surface area contributed by atoms with E-state index in [1.54, 1.807) is 0 Å². The fourth-order valence-electron chi connectivity index (χ4n) is 3.64. The monoisotopic (exact) mass is 308 g/mol. The van der Waals surface area contributed by atoms with Crippen molar-refractivity contribution in [1.29, 1.82) is 0 Å². The molecule has 1 aliphatic heterocycles. The Labute approximate surface area is 137 Å². The molecule has 0 saturated heterocycles. The van der Waals surface area contributed by atoms with Gasteiger partial charge in [0.05, 0.1) is 17.4 Å². The van der Waals surface area contributed by atoms with Crippen LogP contribution in [0.15, 0.2) is 30.6 Å². The molecule has 0 spiro atoms. The van der Waals surface area contributed by atoms with Gasteiger partial charge < -0.3 is 9.30 Å². The number of benzene rings is 2. The molecule has 0 atom stereocenters. The van der Waals surface area contributed by atoms with Gasteiger partial charge in [0.25, 0.3) is 0 Å². The van der Waals surface area contributed by atoms with Gasteiger partial charge in [-0.05, 0) is 33.1 Å². The van der Waals surface area contributed by atoms with Crippen molar-refractivity contribution in [2.45, 2.75) is 58.6 Å². The summed E-state index contributed by atoms with van der Waals surface area (Å²) < 4.78 is 8.70. The van der Waals surface area contributed by atoms with Crippen molar-refractivity contribution in [3.05, 3.63) is 36.2 Å². The Hall–Kier alpha value is -2.03. The zero-order valence-electron chi connectivity index (χ0n) is 14.2. The van der Waals surface area contributed by atoms with Crippen LogP contribution in [0.4, 0.5) is 0 Å². The van der Waals surface area contributed by atoms with Crippen LogP contribution in [0, 0.1) is 0 Å². The molecule has 1 aliphatic rings. The minimum Gasteiger partial charge on any atom is -0.487 e. The van der Waals surface area contributed by atoms with E-state index in [1.807, 2.05) is 6.33 Å². The van der Waals surface area contributed by atoms with E-state index in [0.29, 0.717) is 0 Å². The molecular weight excluding hydrogens is 284 g/mol. The number of hydrogen-bond donors (Lipinski definition) is 0. The number of fused-ring (bicyclic) bond motifs is 6. The summed E-state index contributed by atoms with van der Waals surface area (Å²) in [4.78, 5) is 4.77. The number of aryl methyl sites for hydroxylation is 2. The fraction of sp³-hybridized carbons (Fsp3) is 0.450. The number of nitrogens with zero attached hydrogens (tertiary/aromatic N) is 2.